The van der Waals surface area contributed by atoms with E-state index in [-0.39, 0.29) is 0 Å². The third-order valence-electron chi connectivity index (χ3n) is 2.85. The minimum Gasteiger partial charge on any atom is -0.477 e. The first-order chi connectivity index (χ1) is 7.68. The van der Waals surface area contributed by atoms with Crippen molar-refractivity contribution in [3.05, 3.63) is 29.3 Å². The second kappa shape index (κ2) is 4.53. The molecule has 0 bridgehead atoms. The molecule has 0 aliphatic heterocycles. The van der Waals surface area contributed by atoms with Crippen LogP contribution in [0.4, 0.5) is 0 Å². The standard InChI is InChI=1S/C12H15NO3/c13-11(12(14)15)16-10-7-3-5-8-4-1-2-6-9(8)10/h3,5,7,11H,1-2,4,6,13H2,(H,14,15). The molecule has 0 aromatic heterocycles. The highest BCUT2D eigenvalue weighted by Crippen LogP contribution is 2.29. The molecule has 2 rings (SSSR count). The number of aliphatic carboxylic acids is 1. The van der Waals surface area contributed by atoms with Gasteiger partial charge >= 0.3 is 5.97 Å². The largest absolute Gasteiger partial charge is 0.477 e. The van der Waals surface area contributed by atoms with Gasteiger partial charge in [-0.1, -0.05) is 12.1 Å². The number of ether oxygens (including phenoxy) is 1. The number of carboxylic acids is 1. The van der Waals surface area contributed by atoms with E-state index < -0.39 is 12.2 Å². The number of hydrogen-bond donors (Lipinski definition) is 2. The van der Waals surface area contributed by atoms with Crippen LogP contribution in [0.2, 0.25) is 0 Å². The van der Waals surface area contributed by atoms with Crippen LogP contribution in [-0.2, 0) is 17.6 Å². The van der Waals surface area contributed by atoms with Crippen LogP contribution in [0, 0.1) is 0 Å². The van der Waals surface area contributed by atoms with Crippen molar-refractivity contribution in [1.82, 2.24) is 0 Å². The second-order valence-electron chi connectivity index (χ2n) is 3.98. The molecule has 1 atom stereocenters. The summed E-state index contributed by atoms with van der Waals surface area (Å²) in [5, 5.41) is 8.70. The molecule has 1 aromatic rings. The molecule has 1 aliphatic rings. The van der Waals surface area contributed by atoms with Crippen molar-refractivity contribution in [2.75, 3.05) is 0 Å². The maximum atomic E-state index is 10.6. The Kier molecular flexibility index (Phi) is 3.10. The predicted molar refractivity (Wildman–Crippen MR) is 59.3 cm³/mol. The van der Waals surface area contributed by atoms with Crippen LogP contribution in [0.1, 0.15) is 24.0 Å². The summed E-state index contributed by atoms with van der Waals surface area (Å²) in [4.78, 5) is 10.6. The summed E-state index contributed by atoms with van der Waals surface area (Å²) >= 11 is 0. The molecule has 0 saturated carbocycles. The number of benzene rings is 1. The van der Waals surface area contributed by atoms with Gasteiger partial charge in [-0.05, 0) is 42.9 Å². The van der Waals surface area contributed by atoms with Crippen molar-refractivity contribution in [1.29, 1.82) is 0 Å². The van der Waals surface area contributed by atoms with Gasteiger partial charge in [-0.25, -0.2) is 4.79 Å². The highest BCUT2D eigenvalue weighted by atomic mass is 16.5. The van der Waals surface area contributed by atoms with E-state index in [1.165, 1.54) is 12.0 Å². The summed E-state index contributed by atoms with van der Waals surface area (Å²) < 4.78 is 5.25. The van der Waals surface area contributed by atoms with Gasteiger partial charge in [0.2, 0.25) is 6.23 Å². The van der Waals surface area contributed by atoms with Gasteiger partial charge in [-0.3, -0.25) is 5.73 Å². The van der Waals surface area contributed by atoms with Crippen LogP contribution in [0.15, 0.2) is 18.2 Å². The summed E-state index contributed by atoms with van der Waals surface area (Å²) in [5.74, 6) is -0.527. The van der Waals surface area contributed by atoms with E-state index in [0.717, 1.165) is 24.8 Å². The number of hydrogen-bond acceptors (Lipinski definition) is 3. The second-order valence-corrected chi connectivity index (χ2v) is 3.98. The fourth-order valence-electron chi connectivity index (χ4n) is 2.04. The van der Waals surface area contributed by atoms with Gasteiger partial charge in [0, 0.05) is 0 Å². The van der Waals surface area contributed by atoms with E-state index in [1.807, 2.05) is 6.07 Å². The van der Waals surface area contributed by atoms with E-state index in [1.54, 1.807) is 6.07 Å². The van der Waals surface area contributed by atoms with Crippen LogP contribution in [0.25, 0.3) is 0 Å². The Labute approximate surface area is 94.0 Å². The molecule has 4 heteroatoms. The van der Waals surface area contributed by atoms with Gasteiger partial charge in [0.25, 0.3) is 0 Å². The Balaban J connectivity index is 2.24. The first-order valence-corrected chi connectivity index (χ1v) is 5.44. The predicted octanol–water partition coefficient (Wildman–Crippen LogP) is 1.31. The van der Waals surface area contributed by atoms with Crippen LogP contribution in [0.5, 0.6) is 5.75 Å². The summed E-state index contributed by atoms with van der Waals surface area (Å²) in [6.07, 6.45) is 3.00. The molecule has 0 saturated heterocycles. The van der Waals surface area contributed by atoms with Gasteiger partial charge in [0.15, 0.2) is 0 Å². The molecule has 16 heavy (non-hydrogen) atoms. The Morgan fingerprint density at radius 2 is 2.12 bits per heavy atom. The SMILES string of the molecule is NC(Oc1cccc2c1CCCC2)C(=O)O. The van der Waals surface area contributed by atoms with Crippen molar-refractivity contribution >= 4 is 5.97 Å². The number of carboxylic acid groups (broad SMARTS) is 1. The third-order valence-corrected chi connectivity index (χ3v) is 2.85. The molecule has 0 heterocycles. The summed E-state index contributed by atoms with van der Waals surface area (Å²) in [7, 11) is 0. The Hall–Kier alpha value is -1.55. The van der Waals surface area contributed by atoms with E-state index in [9.17, 15) is 4.79 Å². The maximum absolute atomic E-state index is 10.6. The molecule has 1 unspecified atom stereocenters. The average Bonchev–Trinajstić information content (AvgIpc) is 2.29. The zero-order valence-corrected chi connectivity index (χ0v) is 8.98. The summed E-state index contributed by atoms with van der Waals surface area (Å²) in [5.41, 5.74) is 7.73. The highest BCUT2D eigenvalue weighted by molar-refractivity contribution is 5.72. The highest BCUT2D eigenvalue weighted by Gasteiger charge is 2.18. The molecule has 0 fully saturated rings. The van der Waals surface area contributed by atoms with Crippen molar-refractivity contribution in [2.45, 2.75) is 31.9 Å². The molecule has 4 nitrogen and oxygen atoms in total. The van der Waals surface area contributed by atoms with E-state index in [2.05, 4.69) is 6.07 Å². The van der Waals surface area contributed by atoms with Crippen LogP contribution >= 0.6 is 0 Å². The maximum Gasteiger partial charge on any atom is 0.360 e. The van der Waals surface area contributed by atoms with E-state index in [4.69, 9.17) is 15.6 Å². The fraction of sp³-hybridized carbons (Fsp3) is 0.417. The van der Waals surface area contributed by atoms with Crippen LogP contribution < -0.4 is 10.5 Å². The Morgan fingerprint density at radius 1 is 1.38 bits per heavy atom. The Bertz CT molecular complexity index is 403. The zero-order chi connectivity index (χ0) is 11.5. The van der Waals surface area contributed by atoms with Crippen molar-refractivity contribution in [3.63, 3.8) is 0 Å². The van der Waals surface area contributed by atoms with Crippen molar-refractivity contribution in [3.8, 4) is 5.75 Å². The van der Waals surface area contributed by atoms with Gasteiger partial charge in [-0.2, -0.15) is 0 Å². The number of nitrogens with two attached hydrogens (primary N) is 1. The lowest BCUT2D eigenvalue weighted by atomic mass is 9.91. The van der Waals surface area contributed by atoms with Crippen molar-refractivity contribution < 1.29 is 14.6 Å². The summed E-state index contributed by atoms with van der Waals surface area (Å²) in [6.45, 7) is 0. The third kappa shape index (κ3) is 2.17. The number of aryl methyl sites for hydroxylation is 1. The quantitative estimate of drug-likeness (QED) is 0.755. The molecule has 3 N–H and O–H groups in total. The molecule has 1 aliphatic carbocycles. The lowest BCUT2D eigenvalue weighted by Crippen LogP contribution is -2.36. The fourth-order valence-corrected chi connectivity index (χ4v) is 2.04. The lowest BCUT2D eigenvalue weighted by Gasteiger charge is -2.20. The van der Waals surface area contributed by atoms with E-state index >= 15 is 0 Å². The van der Waals surface area contributed by atoms with Crippen molar-refractivity contribution in [2.24, 2.45) is 5.73 Å². The van der Waals surface area contributed by atoms with Gasteiger partial charge in [-0.15, -0.1) is 0 Å². The van der Waals surface area contributed by atoms with Crippen LogP contribution in [0.3, 0.4) is 0 Å². The average molecular weight is 221 g/mol. The first kappa shape index (κ1) is 11.0. The van der Waals surface area contributed by atoms with Gasteiger partial charge in [0.1, 0.15) is 5.75 Å². The number of rotatable bonds is 3. The Morgan fingerprint density at radius 3 is 2.88 bits per heavy atom. The number of fused-ring (bicyclic) bond motifs is 1. The van der Waals surface area contributed by atoms with Gasteiger partial charge < -0.3 is 9.84 Å². The van der Waals surface area contributed by atoms with E-state index in [0.29, 0.717) is 5.75 Å². The van der Waals surface area contributed by atoms with Crippen LogP contribution in [-0.4, -0.2) is 17.3 Å². The molecular formula is C12H15NO3. The monoisotopic (exact) mass is 221 g/mol. The molecule has 0 radical (unpaired) electrons. The minimum absolute atomic E-state index is 0.618. The molecule has 0 amide bonds. The molecule has 0 spiro atoms. The topological polar surface area (TPSA) is 72.5 Å². The number of carbonyl (C=O) groups is 1. The summed E-state index contributed by atoms with van der Waals surface area (Å²) in [6, 6.07) is 5.73. The molecule has 86 valence electrons. The first-order valence-electron chi connectivity index (χ1n) is 5.44. The lowest BCUT2D eigenvalue weighted by molar-refractivity contribution is -0.144. The normalized spacial score (nSPS) is 16.3. The molecule has 1 aromatic carbocycles. The smallest absolute Gasteiger partial charge is 0.360 e. The minimum atomic E-state index is -1.28. The molecular weight excluding hydrogens is 206 g/mol. The zero-order valence-electron chi connectivity index (χ0n) is 8.98. The van der Waals surface area contributed by atoms with Gasteiger partial charge in [0.05, 0.1) is 0 Å².